The molecule has 0 N–H and O–H groups in total. The molecule has 560 valence electrons. The van der Waals surface area contributed by atoms with Crippen LogP contribution >= 0.6 is 0 Å². The fourth-order valence-electron chi connectivity index (χ4n) is 10.1. The molecule has 21 heteroatoms. The van der Waals surface area contributed by atoms with Crippen LogP contribution in [0.1, 0.15) is 156 Å². The minimum atomic E-state index is -0.509. The minimum absolute atomic E-state index is 0.230. The third kappa shape index (κ3) is 33.4. The van der Waals surface area contributed by atoms with E-state index in [1.807, 2.05) is 49.4 Å². The van der Waals surface area contributed by atoms with E-state index in [9.17, 15) is 28.8 Å². The highest BCUT2D eigenvalue weighted by atomic mass is 17.2. The fraction of sp³-hybridized carbons (Fsp3) is 0.329. The maximum Gasteiger partial charge on any atom is 0.343 e. The van der Waals surface area contributed by atoms with Crippen LogP contribution in [-0.2, 0) is 49.9 Å². The van der Waals surface area contributed by atoms with E-state index >= 15 is 0 Å². The molecule has 106 heavy (non-hydrogen) atoms. The Bertz CT molecular complexity index is 3860. The molecule has 7 aromatic rings. The predicted octanol–water partition coefficient (Wildman–Crippen LogP) is 17.4. The largest absolute Gasteiger partial charge is 0.494 e. The summed E-state index contributed by atoms with van der Waals surface area (Å²) in [5.74, 6) is 3.41. The SMILES string of the molecule is C=CC(=O)OCCCCCCOc1ccc(C(=O)Oc2ccc(C#N)cc2)cc1.C=CC(=O)OCCCCCCOc1ccc(C(=O)Oc2ccc(C3CCC(C)CC3)cc2)cc1.C=CCOOCCCOc1ccc(COOc2ccc(OC(=O)c3ccc(OCCCOC(=O)C=C)cc3)cc2C)cc1. The Morgan fingerprint density at radius 2 is 0.792 bits per heavy atom. The molecule has 0 aromatic heterocycles. The van der Waals surface area contributed by atoms with Gasteiger partial charge in [0.1, 0.15) is 53.5 Å². The van der Waals surface area contributed by atoms with E-state index in [-0.39, 0.29) is 25.2 Å². The molecular weight excluding hydrogens is 1350 g/mol. The number of carbonyl (C=O) groups is 6. The summed E-state index contributed by atoms with van der Waals surface area (Å²) in [5.41, 5.74) is 4.75. The summed E-state index contributed by atoms with van der Waals surface area (Å²) >= 11 is 0. The molecule has 1 fully saturated rings. The van der Waals surface area contributed by atoms with Crippen LogP contribution in [0, 0.1) is 24.2 Å². The quantitative estimate of drug-likeness (QED) is 0.00503. The number of nitriles is 1. The first-order valence-corrected chi connectivity index (χ1v) is 35.5. The number of benzene rings is 7. The van der Waals surface area contributed by atoms with E-state index in [1.165, 1.54) is 37.3 Å². The van der Waals surface area contributed by atoms with Crippen molar-refractivity contribution in [3.63, 3.8) is 0 Å². The van der Waals surface area contributed by atoms with Gasteiger partial charge in [-0.2, -0.15) is 10.1 Å². The number of nitrogens with zero attached hydrogens (tertiary/aromatic N) is 1. The molecule has 0 aliphatic heterocycles. The second-order valence-electron chi connectivity index (χ2n) is 24.3. The van der Waals surface area contributed by atoms with E-state index in [2.05, 4.69) is 45.4 Å². The summed E-state index contributed by atoms with van der Waals surface area (Å²) in [7, 11) is 0. The zero-order valence-electron chi connectivity index (χ0n) is 60.5. The van der Waals surface area contributed by atoms with E-state index in [0.717, 1.165) is 92.1 Å². The van der Waals surface area contributed by atoms with Crippen LogP contribution in [0.3, 0.4) is 0 Å². The first-order valence-electron chi connectivity index (χ1n) is 35.5. The Kier molecular flexibility index (Phi) is 39.0. The average molecular weight is 1450 g/mol. The van der Waals surface area contributed by atoms with Crippen molar-refractivity contribution in [3.05, 3.63) is 253 Å². The van der Waals surface area contributed by atoms with Crippen molar-refractivity contribution in [2.45, 2.75) is 116 Å². The maximum absolute atomic E-state index is 12.6. The van der Waals surface area contributed by atoms with Crippen LogP contribution in [0.25, 0.3) is 0 Å². The fourth-order valence-corrected chi connectivity index (χ4v) is 10.1. The van der Waals surface area contributed by atoms with Gasteiger partial charge in [0.05, 0.1) is 81.2 Å². The van der Waals surface area contributed by atoms with E-state index < -0.39 is 23.9 Å². The van der Waals surface area contributed by atoms with Crippen LogP contribution < -0.4 is 38.0 Å². The lowest BCUT2D eigenvalue weighted by Gasteiger charge is -2.26. The Labute approximate surface area is 621 Å². The number of ether oxygens (including phenoxy) is 10. The monoisotopic (exact) mass is 1450 g/mol. The van der Waals surface area contributed by atoms with Crippen LogP contribution in [0.15, 0.2) is 214 Å². The smallest absolute Gasteiger partial charge is 0.343 e. The third-order valence-corrected chi connectivity index (χ3v) is 16.0. The van der Waals surface area contributed by atoms with Crippen LogP contribution in [0.2, 0.25) is 0 Å². The van der Waals surface area contributed by atoms with Crippen molar-refractivity contribution in [2.75, 3.05) is 59.5 Å². The topological polar surface area (TPSA) is 255 Å². The molecule has 0 radical (unpaired) electrons. The number of carbonyl (C=O) groups excluding carboxylic acids is 6. The van der Waals surface area contributed by atoms with Crippen molar-refractivity contribution in [3.8, 4) is 52.1 Å². The minimum Gasteiger partial charge on any atom is -0.494 e. The van der Waals surface area contributed by atoms with E-state index in [4.69, 9.17) is 72.2 Å². The highest BCUT2D eigenvalue weighted by Gasteiger charge is 2.21. The standard InChI is InChI=1S/C33H36O10.C29H36O5.C23H23NO5/c1-4-18-39-40-22-7-20-37-28-12-8-26(9-13-28)24-41-43-31-17-16-30(23-25(31)3)42-33(35)27-10-14-29(15-11-27)36-19-6-21-38-32(34)5-2;1-3-28(30)33-21-7-5-4-6-20-32-26-16-14-25(15-17-26)29(31)34-27-18-12-24(13-19-27)23-10-8-22(2)9-11-23;1-2-22(25)28-16-6-4-3-5-15-27-20-13-9-19(10-14-20)23(26)29-21-11-7-18(17-24)8-12-21/h4-5,8-17,23H,1-2,6-7,18-22,24H2,3H3;3,12-19,22-23H,1,4-11,20-21H2,2H3;2,7-14H,1,3-6,15-16H2. The van der Waals surface area contributed by atoms with Gasteiger partial charge in [0.25, 0.3) is 0 Å². The molecule has 0 bridgehead atoms. The summed E-state index contributed by atoms with van der Waals surface area (Å²) in [5, 5.41) is 8.78. The highest BCUT2D eigenvalue weighted by Crippen LogP contribution is 2.36. The first-order chi connectivity index (χ1) is 51.6. The van der Waals surface area contributed by atoms with Crippen LogP contribution in [-0.4, -0.2) is 95.3 Å². The molecule has 1 aliphatic rings. The van der Waals surface area contributed by atoms with Gasteiger partial charge in [-0.15, -0.1) is 6.58 Å². The Morgan fingerprint density at radius 3 is 1.22 bits per heavy atom. The van der Waals surface area contributed by atoms with Crippen molar-refractivity contribution in [2.24, 2.45) is 5.92 Å². The summed E-state index contributed by atoms with van der Waals surface area (Å²) in [6.45, 7) is 21.9. The predicted molar refractivity (Wildman–Crippen MR) is 399 cm³/mol. The number of esters is 6. The molecular formula is C85H95NO20. The van der Waals surface area contributed by atoms with Gasteiger partial charge in [0.15, 0.2) is 5.75 Å². The lowest BCUT2D eigenvalue weighted by Crippen LogP contribution is -2.11. The van der Waals surface area contributed by atoms with Gasteiger partial charge in [-0.3, -0.25) is 0 Å². The number of unbranched alkanes of at least 4 members (excludes halogenated alkanes) is 6. The highest BCUT2D eigenvalue weighted by molar-refractivity contribution is 5.92. The first kappa shape index (κ1) is 83.6. The summed E-state index contributed by atoms with van der Waals surface area (Å²) in [6, 6.07) is 49.2. The van der Waals surface area contributed by atoms with Gasteiger partial charge in [-0.1, -0.05) is 69.8 Å². The molecule has 7 aromatic carbocycles. The molecule has 1 aliphatic carbocycles. The zero-order chi connectivity index (χ0) is 75.8. The molecule has 0 spiro atoms. The zero-order valence-corrected chi connectivity index (χ0v) is 60.5. The summed E-state index contributed by atoms with van der Waals surface area (Å²) in [4.78, 5) is 90.8. The van der Waals surface area contributed by atoms with Crippen molar-refractivity contribution in [1.82, 2.24) is 0 Å². The third-order valence-electron chi connectivity index (χ3n) is 16.0. The number of aryl methyl sites for hydroxylation is 1. The summed E-state index contributed by atoms with van der Waals surface area (Å²) < 4.78 is 53.8. The van der Waals surface area contributed by atoms with Crippen LogP contribution in [0.5, 0.6) is 46.0 Å². The number of hydrogen-bond acceptors (Lipinski definition) is 21. The van der Waals surface area contributed by atoms with Gasteiger partial charge < -0.3 is 52.3 Å². The van der Waals surface area contributed by atoms with Gasteiger partial charge in [0, 0.05) is 31.1 Å². The number of hydrogen-bond donors (Lipinski definition) is 0. The van der Waals surface area contributed by atoms with Gasteiger partial charge in [-0.25, -0.2) is 38.5 Å². The van der Waals surface area contributed by atoms with Crippen LogP contribution in [0.4, 0.5) is 0 Å². The molecule has 1 saturated carbocycles. The summed E-state index contributed by atoms with van der Waals surface area (Å²) in [6.07, 6.45) is 18.7. The molecule has 8 rings (SSSR count). The second kappa shape index (κ2) is 49.4. The molecule has 0 unspecified atom stereocenters. The van der Waals surface area contributed by atoms with Crippen molar-refractivity contribution >= 4 is 35.8 Å². The Hall–Kier alpha value is -11.3. The van der Waals surface area contributed by atoms with Crippen molar-refractivity contribution < 1.29 is 95.7 Å². The Morgan fingerprint density at radius 1 is 0.415 bits per heavy atom. The van der Waals surface area contributed by atoms with Crippen molar-refractivity contribution in [1.29, 1.82) is 5.26 Å². The Balaban J connectivity index is 0.000000254. The molecule has 21 nitrogen and oxygen atoms in total. The molecule has 0 heterocycles. The normalized spacial score (nSPS) is 12.6. The number of rotatable bonds is 43. The lowest BCUT2D eigenvalue weighted by molar-refractivity contribution is -0.287. The van der Waals surface area contributed by atoms with Gasteiger partial charge >= 0.3 is 35.8 Å². The maximum atomic E-state index is 12.6. The van der Waals surface area contributed by atoms with Gasteiger partial charge in [-0.05, 0) is 239 Å². The average Bonchev–Trinajstić information content (AvgIpc) is 0.834. The molecule has 0 amide bonds. The van der Waals surface area contributed by atoms with Gasteiger partial charge in [0.2, 0.25) is 0 Å². The second-order valence-corrected chi connectivity index (χ2v) is 24.3. The lowest BCUT2D eigenvalue weighted by atomic mass is 9.79. The van der Waals surface area contributed by atoms with E-state index in [0.29, 0.717) is 128 Å². The van der Waals surface area contributed by atoms with E-state index in [1.54, 1.807) is 121 Å². The molecule has 0 saturated heterocycles. The molecule has 0 atom stereocenters.